The summed E-state index contributed by atoms with van der Waals surface area (Å²) in [6.45, 7) is 1.92. The summed E-state index contributed by atoms with van der Waals surface area (Å²) in [7, 11) is 0. The van der Waals surface area contributed by atoms with Crippen molar-refractivity contribution in [2.24, 2.45) is 0 Å². The fraction of sp³-hybridized carbons (Fsp3) is 0.158. The Bertz CT molecular complexity index is 907. The van der Waals surface area contributed by atoms with Gasteiger partial charge >= 0.3 is 0 Å². The molecule has 0 radical (unpaired) electrons. The van der Waals surface area contributed by atoms with Gasteiger partial charge in [-0.1, -0.05) is 22.9 Å². The van der Waals surface area contributed by atoms with Crippen molar-refractivity contribution in [1.29, 1.82) is 0 Å². The van der Waals surface area contributed by atoms with Crippen molar-refractivity contribution in [3.05, 3.63) is 71.4 Å². The topological polar surface area (TPSA) is 64.4 Å². The second-order valence-corrected chi connectivity index (χ2v) is 5.69. The fourth-order valence-electron chi connectivity index (χ4n) is 2.23. The van der Waals surface area contributed by atoms with E-state index in [1.54, 1.807) is 12.1 Å². The van der Waals surface area contributed by atoms with Gasteiger partial charge < -0.3 is 14.6 Å². The van der Waals surface area contributed by atoms with Gasteiger partial charge in [0.05, 0.1) is 12.1 Å². The van der Waals surface area contributed by atoms with Crippen molar-refractivity contribution in [2.45, 2.75) is 13.5 Å². The molecule has 0 fully saturated rings. The first-order valence-corrected chi connectivity index (χ1v) is 7.88. The Balaban J connectivity index is 1.52. The van der Waals surface area contributed by atoms with Gasteiger partial charge in [-0.2, -0.15) is 0 Å². The number of hydrogen-bond donors (Lipinski definition) is 1. The molecule has 0 aliphatic heterocycles. The number of hydrogen-bond acceptors (Lipinski definition) is 4. The lowest BCUT2D eigenvalue weighted by molar-refractivity contribution is -0.123. The zero-order chi connectivity index (χ0) is 18.5. The summed E-state index contributed by atoms with van der Waals surface area (Å²) in [5.41, 5.74) is 1.60. The molecule has 1 N–H and O–H groups in total. The third-order valence-electron chi connectivity index (χ3n) is 3.61. The second kappa shape index (κ2) is 7.77. The van der Waals surface area contributed by atoms with Crippen LogP contribution in [-0.2, 0) is 11.3 Å². The Morgan fingerprint density at radius 3 is 2.65 bits per heavy atom. The molecule has 0 saturated carbocycles. The van der Waals surface area contributed by atoms with Crippen LogP contribution in [-0.4, -0.2) is 17.7 Å². The molecule has 0 aliphatic rings. The van der Waals surface area contributed by atoms with E-state index in [9.17, 15) is 13.6 Å². The van der Waals surface area contributed by atoms with Crippen LogP contribution < -0.4 is 10.1 Å². The Kier molecular flexibility index (Phi) is 5.26. The number of ether oxygens (including phenoxy) is 1. The van der Waals surface area contributed by atoms with Crippen LogP contribution in [0.4, 0.5) is 8.78 Å². The van der Waals surface area contributed by atoms with E-state index in [2.05, 4.69) is 10.5 Å². The monoisotopic (exact) mass is 358 g/mol. The van der Waals surface area contributed by atoms with Crippen molar-refractivity contribution >= 4 is 5.91 Å². The van der Waals surface area contributed by atoms with Gasteiger partial charge in [-0.3, -0.25) is 4.79 Å². The van der Waals surface area contributed by atoms with E-state index in [4.69, 9.17) is 9.26 Å². The van der Waals surface area contributed by atoms with Gasteiger partial charge in [-0.15, -0.1) is 0 Å². The smallest absolute Gasteiger partial charge is 0.258 e. The number of aromatic nitrogens is 1. The van der Waals surface area contributed by atoms with E-state index in [0.29, 0.717) is 11.4 Å². The molecule has 7 heteroatoms. The third-order valence-corrected chi connectivity index (χ3v) is 3.61. The van der Waals surface area contributed by atoms with Gasteiger partial charge in [0.2, 0.25) is 0 Å². The van der Waals surface area contributed by atoms with Gasteiger partial charge in [-0.25, -0.2) is 8.78 Å². The van der Waals surface area contributed by atoms with Crippen LogP contribution in [0, 0.1) is 18.6 Å². The minimum absolute atomic E-state index is 0.0965. The van der Waals surface area contributed by atoms with Gasteiger partial charge in [0.1, 0.15) is 23.1 Å². The number of amides is 1. The minimum Gasteiger partial charge on any atom is -0.484 e. The van der Waals surface area contributed by atoms with Gasteiger partial charge in [0, 0.05) is 12.1 Å². The first kappa shape index (κ1) is 17.6. The average molecular weight is 358 g/mol. The summed E-state index contributed by atoms with van der Waals surface area (Å²) in [5, 5.41) is 6.39. The van der Waals surface area contributed by atoms with E-state index >= 15 is 0 Å². The van der Waals surface area contributed by atoms with Crippen LogP contribution >= 0.6 is 0 Å². The molecule has 0 spiro atoms. The van der Waals surface area contributed by atoms with E-state index in [0.717, 1.165) is 17.7 Å². The van der Waals surface area contributed by atoms with E-state index < -0.39 is 11.6 Å². The molecule has 1 heterocycles. The number of nitrogens with one attached hydrogen (secondary N) is 1. The molecule has 0 atom stereocenters. The van der Waals surface area contributed by atoms with Crippen molar-refractivity contribution < 1.29 is 22.8 Å². The first-order valence-electron chi connectivity index (χ1n) is 7.88. The number of carbonyl (C=O) groups is 1. The highest BCUT2D eigenvalue weighted by atomic mass is 19.1. The molecule has 1 amide bonds. The molecule has 1 aromatic heterocycles. The number of halogens is 2. The zero-order valence-corrected chi connectivity index (χ0v) is 14.0. The zero-order valence-electron chi connectivity index (χ0n) is 14.0. The maximum Gasteiger partial charge on any atom is 0.258 e. The molecular weight excluding hydrogens is 342 g/mol. The Morgan fingerprint density at radius 2 is 1.92 bits per heavy atom. The first-order chi connectivity index (χ1) is 12.5. The van der Waals surface area contributed by atoms with Crippen LogP contribution in [0.25, 0.3) is 11.3 Å². The highest BCUT2D eigenvalue weighted by Crippen LogP contribution is 2.24. The summed E-state index contributed by atoms with van der Waals surface area (Å²) in [6.07, 6.45) is 0. The molecule has 134 valence electrons. The van der Waals surface area contributed by atoms with Gasteiger partial charge in [0.15, 0.2) is 12.4 Å². The molecule has 2 aromatic carbocycles. The van der Waals surface area contributed by atoms with Crippen molar-refractivity contribution in [3.8, 4) is 17.1 Å². The molecule has 0 aliphatic carbocycles. The maximum absolute atomic E-state index is 13.7. The number of rotatable bonds is 6. The van der Waals surface area contributed by atoms with Gasteiger partial charge in [-0.05, 0) is 31.2 Å². The maximum atomic E-state index is 13.7. The molecule has 3 aromatic rings. The Labute approximate surface area is 148 Å². The quantitative estimate of drug-likeness (QED) is 0.731. The van der Waals surface area contributed by atoms with Crippen molar-refractivity contribution in [2.75, 3.05) is 6.61 Å². The van der Waals surface area contributed by atoms with Crippen LogP contribution in [0.15, 0.2) is 53.1 Å². The second-order valence-electron chi connectivity index (χ2n) is 5.69. The van der Waals surface area contributed by atoms with Crippen LogP contribution in [0.1, 0.15) is 11.3 Å². The van der Waals surface area contributed by atoms with Gasteiger partial charge in [0.25, 0.3) is 5.91 Å². The number of benzene rings is 2. The third kappa shape index (κ3) is 4.44. The average Bonchev–Trinajstić information content (AvgIpc) is 3.08. The normalized spacial score (nSPS) is 10.6. The predicted molar refractivity (Wildman–Crippen MR) is 90.4 cm³/mol. The highest BCUT2D eigenvalue weighted by molar-refractivity contribution is 5.77. The molecule has 3 rings (SSSR count). The van der Waals surface area contributed by atoms with Crippen molar-refractivity contribution in [1.82, 2.24) is 10.5 Å². The molecule has 5 nitrogen and oxygen atoms in total. The molecule has 0 bridgehead atoms. The van der Waals surface area contributed by atoms with E-state index in [1.165, 1.54) is 12.1 Å². The SMILES string of the molecule is Cc1ccc(OCC(=O)NCc2cc(-c3ccc(F)cc3F)on2)cc1. The molecule has 0 unspecified atom stereocenters. The fourth-order valence-corrected chi connectivity index (χ4v) is 2.23. The van der Waals surface area contributed by atoms with E-state index in [1.807, 2.05) is 19.1 Å². The summed E-state index contributed by atoms with van der Waals surface area (Å²) >= 11 is 0. The summed E-state index contributed by atoms with van der Waals surface area (Å²) in [4.78, 5) is 11.8. The lowest BCUT2D eigenvalue weighted by Crippen LogP contribution is -2.28. The molecule has 26 heavy (non-hydrogen) atoms. The lowest BCUT2D eigenvalue weighted by Gasteiger charge is -2.06. The largest absolute Gasteiger partial charge is 0.484 e. The molecular formula is C19H16F2N2O3. The summed E-state index contributed by atoms with van der Waals surface area (Å²) < 4.78 is 37.1. The van der Waals surface area contributed by atoms with Crippen LogP contribution in [0.2, 0.25) is 0 Å². The highest BCUT2D eigenvalue weighted by Gasteiger charge is 2.13. The summed E-state index contributed by atoms with van der Waals surface area (Å²) in [5.74, 6) is -0.998. The van der Waals surface area contributed by atoms with Crippen molar-refractivity contribution in [3.63, 3.8) is 0 Å². The van der Waals surface area contributed by atoms with Crippen LogP contribution in [0.3, 0.4) is 0 Å². The van der Waals surface area contributed by atoms with Crippen LogP contribution in [0.5, 0.6) is 5.75 Å². The predicted octanol–water partition coefficient (Wildman–Crippen LogP) is 3.62. The Morgan fingerprint density at radius 1 is 1.15 bits per heavy atom. The Hall–Kier alpha value is -3.22. The number of carbonyl (C=O) groups excluding carboxylic acids is 1. The molecule has 0 saturated heterocycles. The van der Waals surface area contributed by atoms with E-state index in [-0.39, 0.29) is 30.4 Å². The minimum atomic E-state index is -0.747. The summed E-state index contributed by atoms with van der Waals surface area (Å²) in [6, 6.07) is 12.0. The number of aryl methyl sites for hydroxylation is 1. The standard InChI is InChI=1S/C19H16F2N2O3/c1-12-2-5-15(6-3-12)25-11-19(24)22-10-14-9-18(26-23-14)16-7-4-13(20)8-17(16)21/h2-9H,10-11H2,1H3,(H,22,24). The number of nitrogens with zero attached hydrogens (tertiary/aromatic N) is 1. The lowest BCUT2D eigenvalue weighted by atomic mass is 10.1.